The van der Waals surface area contributed by atoms with Gasteiger partial charge in [-0.05, 0) is 43.2 Å². The predicted molar refractivity (Wildman–Crippen MR) is 107 cm³/mol. The van der Waals surface area contributed by atoms with E-state index in [1.54, 1.807) is 35.2 Å². The summed E-state index contributed by atoms with van der Waals surface area (Å²) in [6.45, 7) is 1.10. The molecule has 26 heavy (non-hydrogen) atoms. The lowest BCUT2D eigenvalue weighted by Crippen LogP contribution is -2.46. The molecule has 1 aliphatic rings. The number of piperidine rings is 1. The number of amides is 2. The van der Waals surface area contributed by atoms with Crippen molar-refractivity contribution in [2.75, 3.05) is 13.1 Å². The average molecular weight is 409 g/mol. The van der Waals surface area contributed by atoms with Crippen LogP contribution in [-0.2, 0) is 0 Å². The number of nitrogens with one attached hydrogen (secondary N) is 1. The van der Waals surface area contributed by atoms with Gasteiger partial charge >= 0.3 is 0 Å². The minimum Gasteiger partial charge on any atom is -0.349 e. The third-order valence-electron chi connectivity index (χ3n) is 4.42. The number of likely N-dealkylation sites (tertiary alicyclic amines) is 1. The second-order valence-corrected chi connectivity index (χ2v) is 7.51. The number of carbonyl (C=O) groups excluding carboxylic acids is 2. The summed E-state index contributed by atoms with van der Waals surface area (Å²) in [5.74, 6) is -0.277. The van der Waals surface area contributed by atoms with E-state index in [2.05, 4.69) is 17.9 Å². The number of hydrogen-bond acceptors (Lipinski definition) is 3. The smallest absolute Gasteiger partial charge is 0.255 e. The van der Waals surface area contributed by atoms with Crippen molar-refractivity contribution in [2.45, 2.75) is 23.8 Å². The van der Waals surface area contributed by atoms with Crippen LogP contribution in [0, 0.1) is 0 Å². The molecule has 4 nitrogen and oxygen atoms in total. The van der Waals surface area contributed by atoms with E-state index in [0.29, 0.717) is 52.0 Å². The van der Waals surface area contributed by atoms with Crippen LogP contribution in [0.25, 0.3) is 0 Å². The number of thiol groups is 1. The lowest BCUT2D eigenvalue weighted by atomic mass is 10.0. The largest absolute Gasteiger partial charge is 0.349 e. The van der Waals surface area contributed by atoms with Gasteiger partial charge in [0.15, 0.2) is 0 Å². The Morgan fingerprint density at radius 1 is 1.04 bits per heavy atom. The molecule has 0 aliphatic carbocycles. The lowest BCUT2D eigenvalue weighted by Gasteiger charge is -2.32. The number of carbonyl (C=O) groups is 2. The summed E-state index contributed by atoms with van der Waals surface area (Å²) in [5.41, 5.74) is 0.964. The molecule has 1 saturated heterocycles. The summed E-state index contributed by atoms with van der Waals surface area (Å²) in [4.78, 5) is 27.4. The molecule has 2 aromatic carbocycles. The number of halogens is 2. The van der Waals surface area contributed by atoms with Crippen LogP contribution in [-0.4, -0.2) is 35.8 Å². The molecule has 0 radical (unpaired) electrons. The van der Waals surface area contributed by atoms with E-state index in [-0.39, 0.29) is 17.9 Å². The van der Waals surface area contributed by atoms with E-state index < -0.39 is 0 Å². The fraction of sp³-hybridized carbons (Fsp3) is 0.263. The van der Waals surface area contributed by atoms with Crippen LogP contribution in [0.4, 0.5) is 0 Å². The highest BCUT2D eigenvalue weighted by atomic mass is 35.5. The topological polar surface area (TPSA) is 49.4 Å². The third-order valence-corrected chi connectivity index (χ3v) is 5.38. The standard InChI is InChI=1S/C19H18Cl2N2O2S/c20-12-5-6-16(21)15(11-12)19(25)23-9-7-13(8-10-23)22-18(24)14-3-1-2-4-17(14)26/h1-6,11,13,26H,7-10H2,(H,22,24). The Balaban J connectivity index is 1.59. The first-order chi connectivity index (χ1) is 12.5. The minimum absolute atomic E-state index is 0.0225. The molecule has 2 amide bonds. The number of rotatable bonds is 3. The van der Waals surface area contributed by atoms with Crippen LogP contribution in [0.3, 0.4) is 0 Å². The molecule has 0 atom stereocenters. The maximum absolute atomic E-state index is 12.7. The summed E-state index contributed by atoms with van der Waals surface area (Å²) in [7, 11) is 0. The van der Waals surface area contributed by atoms with Crippen LogP contribution in [0.5, 0.6) is 0 Å². The van der Waals surface area contributed by atoms with Gasteiger partial charge in [-0.15, -0.1) is 12.6 Å². The molecule has 0 unspecified atom stereocenters. The Morgan fingerprint density at radius 2 is 1.73 bits per heavy atom. The Bertz CT molecular complexity index is 836. The van der Waals surface area contributed by atoms with Crippen molar-refractivity contribution < 1.29 is 9.59 Å². The normalized spacial score (nSPS) is 15.0. The van der Waals surface area contributed by atoms with Crippen molar-refractivity contribution in [3.05, 3.63) is 63.6 Å². The average Bonchev–Trinajstić information content (AvgIpc) is 2.64. The fourth-order valence-corrected chi connectivity index (χ4v) is 3.62. The van der Waals surface area contributed by atoms with E-state index in [1.165, 1.54) is 0 Å². The quantitative estimate of drug-likeness (QED) is 0.742. The molecule has 0 aromatic heterocycles. The summed E-state index contributed by atoms with van der Waals surface area (Å²) in [6.07, 6.45) is 1.37. The van der Waals surface area contributed by atoms with Crippen molar-refractivity contribution >= 4 is 47.6 Å². The molecular formula is C19H18Cl2N2O2S. The zero-order valence-corrected chi connectivity index (χ0v) is 16.3. The van der Waals surface area contributed by atoms with Gasteiger partial charge in [-0.1, -0.05) is 35.3 Å². The zero-order chi connectivity index (χ0) is 18.7. The zero-order valence-electron chi connectivity index (χ0n) is 13.9. The molecule has 1 heterocycles. The predicted octanol–water partition coefficient (Wildman–Crippen LogP) is 4.32. The number of nitrogens with zero attached hydrogens (tertiary/aromatic N) is 1. The molecule has 0 spiro atoms. The van der Waals surface area contributed by atoms with Crippen LogP contribution in [0.1, 0.15) is 33.6 Å². The fourth-order valence-electron chi connectivity index (χ4n) is 2.99. The van der Waals surface area contributed by atoms with Gasteiger partial charge < -0.3 is 10.2 Å². The van der Waals surface area contributed by atoms with Gasteiger partial charge in [-0.25, -0.2) is 0 Å². The first-order valence-corrected chi connectivity index (χ1v) is 9.49. The van der Waals surface area contributed by atoms with E-state index in [0.717, 1.165) is 0 Å². The number of benzene rings is 2. The Hall–Kier alpha value is -1.69. The van der Waals surface area contributed by atoms with Gasteiger partial charge in [0, 0.05) is 29.0 Å². The van der Waals surface area contributed by atoms with Gasteiger partial charge in [-0.3, -0.25) is 9.59 Å². The lowest BCUT2D eigenvalue weighted by molar-refractivity contribution is 0.0698. The molecule has 136 valence electrons. The SMILES string of the molecule is O=C(NC1CCN(C(=O)c2cc(Cl)ccc2Cl)CC1)c1ccccc1S. The van der Waals surface area contributed by atoms with Crippen molar-refractivity contribution in [2.24, 2.45) is 0 Å². The monoisotopic (exact) mass is 408 g/mol. The van der Waals surface area contributed by atoms with Crippen molar-refractivity contribution in [3.63, 3.8) is 0 Å². The van der Waals surface area contributed by atoms with Crippen molar-refractivity contribution in [3.8, 4) is 0 Å². The molecule has 0 saturated carbocycles. The summed E-state index contributed by atoms with van der Waals surface area (Å²) in [5, 5.41) is 3.89. The highest BCUT2D eigenvalue weighted by Crippen LogP contribution is 2.24. The van der Waals surface area contributed by atoms with Crippen LogP contribution >= 0.6 is 35.8 Å². The van der Waals surface area contributed by atoms with Gasteiger partial charge in [0.1, 0.15) is 0 Å². The summed E-state index contributed by atoms with van der Waals surface area (Å²) < 4.78 is 0. The van der Waals surface area contributed by atoms with E-state index in [4.69, 9.17) is 23.2 Å². The van der Waals surface area contributed by atoms with Crippen molar-refractivity contribution in [1.29, 1.82) is 0 Å². The highest BCUT2D eigenvalue weighted by Gasteiger charge is 2.26. The van der Waals surface area contributed by atoms with Crippen LogP contribution in [0.2, 0.25) is 10.0 Å². The Kier molecular flexibility index (Phi) is 6.12. The molecule has 2 aromatic rings. The second-order valence-electron chi connectivity index (χ2n) is 6.18. The first kappa shape index (κ1) is 19.1. The maximum atomic E-state index is 12.7. The molecule has 3 rings (SSSR count). The highest BCUT2D eigenvalue weighted by molar-refractivity contribution is 7.80. The first-order valence-electron chi connectivity index (χ1n) is 8.29. The Labute approximate surface area is 167 Å². The van der Waals surface area contributed by atoms with Gasteiger partial charge in [0.2, 0.25) is 0 Å². The summed E-state index contributed by atoms with van der Waals surface area (Å²) in [6, 6.07) is 12.1. The number of hydrogen-bond donors (Lipinski definition) is 2. The Morgan fingerprint density at radius 3 is 2.42 bits per heavy atom. The molecule has 0 bridgehead atoms. The second kappa shape index (κ2) is 8.33. The van der Waals surface area contributed by atoms with Gasteiger partial charge in [-0.2, -0.15) is 0 Å². The molecular weight excluding hydrogens is 391 g/mol. The molecule has 1 N–H and O–H groups in total. The van der Waals surface area contributed by atoms with Crippen molar-refractivity contribution in [1.82, 2.24) is 10.2 Å². The minimum atomic E-state index is -0.140. The van der Waals surface area contributed by atoms with E-state index in [9.17, 15) is 9.59 Å². The van der Waals surface area contributed by atoms with Gasteiger partial charge in [0.25, 0.3) is 11.8 Å². The van der Waals surface area contributed by atoms with Crippen LogP contribution < -0.4 is 5.32 Å². The summed E-state index contributed by atoms with van der Waals surface area (Å²) >= 11 is 16.4. The third kappa shape index (κ3) is 4.34. The molecule has 1 aliphatic heterocycles. The molecule has 7 heteroatoms. The van der Waals surface area contributed by atoms with E-state index >= 15 is 0 Å². The van der Waals surface area contributed by atoms with Crippen LogP contribution in [0.15, 0.2) is 47.4 Å². The molecule has 1 fully saturated rings. The van der Waals surface area contributed by atoms with E-state index in [1.807, 2.05) is 12.1 Å². The van der Waals surface area contributed by atoms with Gasteiger partial charge in [0.05, 0.1) is 16.1 Å². The maximum Gasteiger partial charge on any atom is 0.255 e.